The smallest absolute Gasteiger partial charge is 0.326 e. The zero-order valence-electron chi connectivity index (χ0n) is 68.1. The molecular formula is C74H124N20O22. The van der Waals surface area contributed by atoms with E-state index in [1.807, 2.05) is 6.92 Å². The van der Waals surface area contributed by atoms with Crippen molar-refractivity contribution in [2.75, 3.05) is 13.2 Å². The number of carboxylic acid groups (broad SMARTS) is 2. The lowest BCUT2D eigenvalue weighted by atomic mass is 9.95. The molecule has 0 unspecified atom stereocenters. The molecule has 652 valence electrons. The van der Waals surface area contributed by atoms with E-state index in [2.05, 4.69) is 79.4 Å². The van der Waals surface area contributed by atoms with Crippen molar-refractivity contribution >= 4 is 112 Å². The number of hydrogen-bond donors (Lipinski definition) is 23. The molecule has 1 aromatic rings. The highest BCUT2D eigenvalue weighted by Gasteiger charge is 2.40. The van der Waals surface area contributed by atoms with Gasteiger partial charge in [-0.2, -0.15) is 0 Å². The van der Waals surface area contributed by atoms with Crippen molar-refractivity contribution in [2.45, 2.75) is 283 Å². The zero-order valence-corrected chi connectivity index (χ0v) is 68.1. The topological polar surface area (TPSA) is 699 Å². The number of benzene rings is 1. The maximum Gasteiger partial charge on any atom is 0.326 e. The number of carbonyl (C=O) groups excluding carboxylic acids is 16. The summed E-state index contributed by atoms with van der Waals surface area (Å²) in [6.07, 6.45) is -2.44. The van der Waals surface area contributed by atoms with Gasteiger partial charge in [0.05, 0.1) is 25.2 Å². The number of nitrogens with one attached hydrogen (secondary N) is 14. The largest absolute Gasteiger partial charge is 0.481 e. The van der Waals surface area contributed by atoms with Crippen molar-refractivity contribution in [3.05, 3.63) is 35.9 Å². The molecule has 0 radical (unpaired) electrons. The molecule has 42 heteroatoms. The number of hydrogen-bond acceptors (Lipinski definition) is 22. The van der Waals surface area contributed by atoms with Crippen LogP contribution in [0.3, 0.4) is 0 Å². The molecular weight excluding hydrogens is 1520 g/mol. The van der Waals surface area contributed by atoms with Crippen molar-refractivity contribution in [1.29, 1.82) is 0 Å². The minimum absolute atomic E-state index is 0.00837. The molecule has 28 N–H and O–H groups in total. The van der Waals surface area contributed by atoms with Crippen LogP contribution in [0.2, 0.25) is 0 Å². The summed E-state index contributed by atoms with van der Waals surface area (Å²) in [7, 11) is 0. The van der Waals surface area contributed by atoms with Crippen LogP contribution in [0.5, 0.6) is 0 Å². The van der Waals surface area contributed by atoms with Crippen molar-refractivity contribution in [3.63, 3.8) is 0 Å². The van der Waals surface area contributed by atoms with Gasteiger partial charge in [0.15, 0.2) is 5.96 Å². The molecule has 0 aliphatic carbocycles. The molecule has 0 saturated heterocycles. The predicted octanol–water partition coefficient (Wildman–Crippen LogP) is -5.95. The Bertz CT molecular complexity index is 3530. The lowest BCUT2D eigenvalue weighted by Gasteiger charge is -2.30. The van der Waals surface area contributed by atoms with Gasteiger partial charge >= 0.3 is 11.9 Å². The van der Waals surface area contributed by atoms with E-state index < -0.39 is 247 Å². The highest BCUT2D eigenvalue weighted by atomic mass is 16.4. The van der Waals surface area contributed by atoms with E-state index in [-0.39, 0.29) is 63.4 Å². The lowest BCUT2D eigenvalue weighted by molar-refractivity contribution is -0.143. The number of aliphatic hydroxyl groups is 2. The number of carboxylic acids is 2. The van der Waals surface area contributed by atoms with Crippen LogP contribution in [0, 0.1) is 17.8 Å². The molecule has 1 aromatic carbocycles. The number of primary amides is 2. The summed E-state index contributed by atoms with van der Waals surface area (Å²) in [5, 5.41) is 74.8. The van der Waals surface area contributed by atoms with Crippen LogP contribution in [0.15, 0.2) is 35.3 Å². The summed E-state index contributed by atoms with van der Waals surface area (Å²) in [6.45, 7) is 17.0. The van der Waals surface area contributed by atoms with Crippen molar-refractivity contribution in [3.8, 4) is 0 Å². The number of nitrogens with two attached hydrogens (primary N) is 5. The Hall–Kier alpha value is -11.2. The molecule has 0 fully saturated rings. The molecule has 0 aliphatic heterocycles. The first-order chi connectivity index (χ1) is 54.3. The fourth-order valence-corrected chi connectivity index (χ4v) is 11.2. The van der Waals surface area contributed by atoms with Gasteiger partial charge in [-0.1, -0.05) is 118 Å². The van der Waals surface area contributed by atoms with E-state index in [4.69, 9.17) is 28.7 Å². The minimum atomic E-state index is -2.02. The second-order valence-corrected chi connectivity index (χ2v) is 29.3. The van der Waals surface area contributed by atoms with Crippen LogP contribution < -0.4 is 103 Å². The summed E-state index contributed by atoms with van der Waals surface area (Å²) < 4.78 is 0. The zero-order chi connectivity index (χ0) is 88.4. The van der Waals surface area contributed by atoms with Gasteiger partial charge < -0.3 is 124 Å². The Labute approximate surface area is 674 Å². The van der Waals surface area contributed by atoms with Crippen molar-refractivity contribution in [2.24, 2.45) is 51.4 Å². The van der Waals surface area contributed by atoms with Crippen molar-refractivity contribution < 1.29 is 107 Å². The molecule has 1 rings (SSSR count). The van der Waals surface area contributed by atoms with Crippen LogP contribution in [-0.4, -0.2) is 243 Å². The maximum atomic E-state index is 14.4. The van der Waals surface area contributed by atoms with Gasteiger partial charge in [0.25, 0.3) is 0 Å². The monoisotopic (exact) mass is 1640 g/mol. The number of aliphatic imine (C=N–C) groups is 1. The first-order valence-electron chi connectivity index (χ1n) is 38.7. The van der Waals surface area contributed by atoms with Gasteiger partial charge in [0, 0.05) is 25.8 Å². The van der Waals surface area contributed by atoms with E-state index in [0.29, 0.717) is 31.2 Å². The average Bonchev–Trinajstić information content (AvgIpc) is 0.847. The second-order valence-electron chi connectivity index (χ2n) is 29.3. The van der Waals surface area contributed by atoms with Crippen LogP contribution in [-0.2, 0) is 92.7 Å². The van der Waals surface area contributed by atoms with Crippen LogP contribution in [0.1, 0.15) is 185 Å². The molecule has 17 atom stereocenters. The Balaban J connectivity index is 3.38. The SMILES string of the molecule is CCCC[C@H](NC(=O)[C@@H](NC(=O)[C@H](CCC(N)=O)NC(=O)[C@H](CC(=O)O)NC(=O)[C@H](CC(C)C)NC(=O)[C@@H](NC(=O)[C@H](Cc1ccccc1)NC(=O)[C@@H](N)CCCC)[C@@H](C)CC)[C@@H](C)O)C(=O)N[C@H](C(=O)N[C@@H](CO)C(=O)N[C@@H](C)C(=O)N[C@@H](C)C(=O)N[C@@H](C)C(=O)N[C@@H](CCC(N)=O)C(=O)N[C@@H](CCCN=C(N)N)C(=O)O)C(C)C. The summed E-state index contributed by atoms with van der Waals surface area (Å²) in [4.78, 5) is 246. The van der Waals surface area contributed by atoms with Gasteiger partial charge in [-0.05, 0) is 96.0 Å². The van der Waals surface area contributed by atoms with Gasteiger partial charge in [0.1, 0.15) is 84.6 Å². The van der Waals surface area contributed by atoms with Crippen LogP contribution in [0.25, 0.3) is 0 Å². The number of guanidine groups is 1. The third-order valence-electron chi connectivity index (χ3n) is 18.3. The highest BCUT2D eigenvalue weighted by Crippen LogP contribution is 2.16. The average molecular weight is 1650 g/mol. The number of nitrogens with zero attached hydrogens (tertiary/aromatic N) is 1. The summed E-state index contributed by atoms with van der Waals surface area (Å²) in [6, 6.07) is -14.3. The lowest BCUT2D eigenvalue weighted by Crippen LogP contribution is -2.63. The second kappa shape index (κ2) is 53.1. The molecule has 0 spiro atoms. The third kappa shape index (κ3) is 38.8. The molecule has 0 aromatic heterocycles. The Morgan fingerprint density at radius 2 is 0.784 bits per heavy atom. The van der Waals surface area contributed by atoms with Crippen LogP contribution in [0.4, 0.5) is 0 Å². The quantitative estimate of drug-likeness (QED) is 0.0164. The van der Waals surface area contributed by atoms with Gasteiger partial charge in [-0.3, -0.25) is 86.5 Å². The summed E-state index contributed by atoms with van der Waals surface area (Å²) >= 11 is 0. The van der Waals surface area contributed by atoms with E-state index in [1.54, 1.807) is 65.0 Å². The van der Waals surface area contributed by atoms with Crippen molar-refractivity contribution in [1.82, 2.24) is 74.4 Å². The summed E-state index contributed by atoms with van der Waals surface area (Å²) in [5.41, 5.74) is 28.1. The first-order valence-corrected chi connectivity index (χ1v) is 38.7. The van der Waals surface area contributed by atoms with Gasteiger partial charge in [-0.15, -0.1) is 0 Å². The normalized spacial score (nSPS) is 15.5. The highest BCUT2D eigenvalue weighted by molar-refractivity contribution is 6.01. The van der Waals surface area contributed by atoms with Gasteiger partial charge in [0.2, 0.25) is 94.5 Å². The Morgan fingerprint density at radius 3 is 1.26 bits per heavy atom. The molecule has 0 heterocycles. The number of carbonyl (C=O) groups is 18. The number of aliphatic carboxylic acids is 2. The fraction of sp³-hybridized carbons (Fsp3) is 0.662. The summed E-state index contributed by atoms with van der Waals surface area (Å²) in [5.74, 6) is -21.1. The van der Waals surface area contributed by atoms with Gasteiger partial charge in [-0.25, -0.2) is 4.79 Å². The molecule has 0 aliphatic rings. The minimum Gasteiger partial charge on any atom is -0.481 e. The predicted molar refractivity (Wildman–Crippen MR) is 420 cm³/mol. The number of amides is 16. The molecule has 0 saturated carbocycles. The van der Waals surface area contributed by atoms with E-state index in [1.165, 1.54) is 34.6 Å². The third-order valence-corrected chi connectivity index (χ3v) is 18.3. The van der Waals surface area contributed by atoms with E-state index in [0.717, 1.165) is 13.3 Å². The maximum absolute atomic E-state index is 14.4. The van der Waals surface area contributed by atoms with E-state index in [9.17, 15) is 107 Å². The Kier molecular flexibility index (Phi) is 47.1. The standard InChI is InChI=1S/C74H124N20O22/c1-13-16-24-44(75)62(104)88-50(33-43-22-19-18-20-23-43)68(110)93-57(38(8)15-3)71(113)90-49(32-36(4)5)66(108)89-51(34-55(99)100)67(109)85-47(28-30-54(77)98)65(107)94-58(42(12)96)72(114)86-45(25-17-14-2)64(106)92-56(37(6)7)70(112)91-52(35-95)69(111)83-40(10)60(102)81-39(9)59(101)82-41(11)61(103)84-46(27-29-53(76)97)63(105)87-48(73(115)116)26-21-31-80-74(78)79/h18-20,22-23,36-42,44-52,56-58,95-96H,13-17,21,24-35,75H2,1-12H3,(H2,76,97)(H2,77,98)(H,81,102)(H,82,101)(H,83,111)(H,84,103)(H,85,109)(H,86,114)(H,87,105)(H,88,104)(H,89,108)(H,90,113)(H,91,112)(H,92,106)(H,93,110)(H,94,107)(H,99,100)(H,115,116)(H4,78,79,80)/t38-,39-,40-,41-,42+,44-,45-,46-,47-,48-,49-,50-,51-,52-,56-,57-,58-/m0/s1. The number of rotatable bonds is 56. The molecule has 0 bridgehead atoms. The molecule has 116 heavy (non-hydrogen) atoms. The van der Waals surface area contributed by atoms with Crippen LogP contribution >= 0.6 is 0 Å². The first kappa shape index (κ1) is 103. The fourth-order valence-electron chi connectivity index (χ4n) is 11.2. The Morgan fingerprint density at radius 1 is 0.405 bits per heavy atom. The molecule has 42 nitrogen and oxygen atoms in total. The number of aliphatic hydroxyl groups excluding tert-OH is 2. The number of unbranched alkanes of at least 4 members (excludes halogenated alkanes) is 2. The van der Waals surface area contributed by atoms with E-state index >= 15 is 0 Å². The molecule has 16 amide bonds.